The number of aromatic nitrogens is 2. The summed E-state index contributed by atoms with van der Waals surface area (Å²) in [4.78, 5) is 20.3. The minimum atomic E-state index is -1.07. The molecule has 1 unspecified atom stereocenters. The number of carbonyl (C=O) groups is 1. The molecule has 1 atom stereocenters. The second-order valence-electron chi connectivity index (χ2n) is 8.82. The van der Waals surface area contributed by atoms with Crippen molar-refractivity contribution in [2.45, 2.75) is 50.9 Å². The molecule has 9 nitrogen and oxygen atoms in total. The third-order valence-electron chi connectivity index (χ3n) is 6.30. The van der Waals surface area contributed by atoms with Crippen molar-refractivity contribution in [1.29, 1.82) is 0 Å². The van der Waals surface area contributed by atoms with E-state index in [1.165, 1.54) is 6.92 Å². The van der Waals surface area contributed by atoms with Gasteiger partial charge in [0.25, 0.3) is 0 Å². The van der Waals surface area contributed by atoms with Crippen molar-refractivity contribution in [3.8, 4) is 5.75 Å². The van der Waals surface area contributed by atoms with Gasteiger partial charge in [-0.3, -0.25) is 4.79 Å². The molecule has 1 fully saturated rings. The molecule has 1 aromatic heterocycles. The van der Waals surface area contributed by atoms with Crippen LogP contribution in [0.15, 0.2) is 42.6 Å². The monoisotopic (exact) mass is 462 g/mol. The number of fused-ring (bicyclic) bond motifs is 2. The van der Waals surface area contributed by atoms with Gasteiger partial charge in [-0.1, -0.05) is 18.2 Å². The fourth-order valence-electron chi connectivity index (χ4n) is 4.51. The standard InChI is InChI=1S/C24H27BN4O5/c1-14(30)26-13-22-19-10-5-16(11-20(19)25(32)34-22)28-24-27-12-15-3-2-4-21(23(15)29-24)33-18-8-6-17(31)7-9-18/h2-5,10-12,17-18,22,31-32H,6-9,13H2,1H3,(H,26,30)(H,27,28,29)/t17-,18+,22?. The van der Waals surface area contributed by atoms with Crippen molar-refractivity contribution < 1.29 is 24.3 Å². The van der Waals surface area contributed by atoms with Crippen LogP contribution >= 0.6 is 0 Å². The Morgan fingerprint density at radius 3 is 2.85 bits per heavy atom. The van der Waals surface area contributed by atoms with E-state index in [1.807, 2.05) is 30.3 Å². The van der Waals surface area contributed by atoms with Crippen LogP contribution in [-0.2, 0) is 9.45 Å². The third kappa shape index (κ3) is 4.84. The van der Waals surface area contributed by atoms with Crippen LogP contribution in [0.2, 0.25) is 0 Å². The lowest BCUT2D eigenvalue weighted by Crippen LogP contribution is -2.29. The van der Waals surface area contributed by atoms with E-state index in [2.05, 4.69) is 20.6 Å². The molecular weight excluding hydrogens is 435 g/mol. The quantitative estimate of drug-likeness (QED) is 0.410. The van der Waals surface area contributed by atoms with Gasteiger partial charge in [0.05, 0.1) is 18.3 Å². The maximum absolute atomic E-state index is 11.2. The predicted molar refractivity (Wildman–Crippen MR) is 128 cm³/mol. The highest BCUT2D eigenvalue weighted by Gasteiger charge is 2.35. The summed E-state index contributed by atoms with van der Waals surface area (Å²) >= 11 is 0. The molecule has 0 radical (unpaired) electrons. The fourth-order valence-corrected chi connectivity index (χ4v) is 4.51. The maximum atomic E-state index is 11.2. The van der Waals surface area contributed by atoms with E-state index in [0.29, 0.717) is 34.9 Å². The van der Waals surface area contributed by atoms with Gasteiger partial charge in [-0.2, -0.15) is 0 Å². The second kappa shape index (κ2) is 9.57. The molecule has 0 spiro atoms. The Morgan fingerprint density at radius 1 is 1.24 bits per heavy atom. The largest absolute Gasteiger partial charge is 0.492 e. The summed E-state index contributed by atoms with van der Waals surface area (Å²) in [5.41, 5.74) is 2.90. The number of anilines is 2. The van der Waals surface area contributed by atoms with E-state index >= 15 is 0 Å². The Hall–Kier alpha value is -3.21. The van der Waals surface area contributed by atoms with Crippen molar-refractivity contribution >= 4 is 41.0 Å². The number of amides is 1. The molecule has 1 aliphatic carbocycles. The van der Waals surface area contributed by atoms with E-state index in [9.17, 15) is 14.9 Å². The van der Waals surface area contributed by atoms with Gasteiger partial charge in [0.2, 0.25) is 11.9 Å². The van der Waals surface area contributed by atoms with Gasteiger partial charge in [-0.05, 0) is 54.9 Å². The first-order valence-corrected chi connectivity index (χ1v) is 11.6. The summed E-state index contributed by atoms with van der Waals surface area (Å²) in [6.07, 6.45) is 4.29. The highest BCUT2D eigenvalue weighted by atomic mass is 16.5. The molecule has 176 valence electrons. The molecule has 5 rings (SSSR count). The molecule has 10 heteroatoms. The van der Waals surface area contributed by atoms with Crippen LogP contribution in [0.25, 0.3) is 10.9 Å². The Balaban J connectivity index is 1.35. The summed E-state index contributed by atoms with van der Waals surface area (Å²) in [5.74, 6) is 0.955. The topological polar surface area (TPSA) is 126 Å². The number of rotatable bonds is 6. The van der Waals surface area contributed by atoms with Crippen molar-refractivity contribution in [2.75, 3.05) is 11.9 Å². The first-order chi connectivity index (χ1) is 16.5. The predicted octanol–water partition coefficient (Wildman–Crippen LogP) is 1.95. The van der Waals surface area contributed by atoms with Crippen LogP contribution in [0.4, 0.5) is 11.6 Å². The van der Waals surface area contributed by atoms with E-state index in [0.717, 1.165) is 36.6 Å². The van der Waals surface area contributed by atoms with E-state index in [1.54, 1.807) is 12.3 Å². The Morgan fingerprint density at radius 2 is 2.06 bits per heavy atom. The minimum Gasteiger partial charge on any atom is -0.488 e. The minimum absolute atomic E-state index is 0.0593. The van der Waals surface area contributed by atoms with Gasteiger partial charge < -0.3 is 30.2 Å². The number of carbonyl (C=O) groups excluding carboxylic acids is 1. The molecule has 3 aromatic rings. The van der Waals surface area contributed by atoms with Crippen LogP contribution in [0.1, 0.15) is 44.3 Å². The first-order valence-electron chi connectivity index (χ1n) is 11.6. The number of aliphatic hydroxyl groups is 1. The van der Waals surface area contributed by atoms with Gasteiger partial charge in [0, 0.05) is 30.7 Å². The van der Waals surface area contributed by atoms with E-state index in [-0.39, 0.29) is 18.1 Å². The molecule has 1 aliphatic heterocycles. The third-order valence-corrected chi connectivity index (χ3v) is 6.30. The van der Waals surface area contributed by atoms with E-state index < -0.39 is 13.2 Å². The summed E-state index contributed by atoms with van der Waals surface area (Å²) in [6.45, 7) is 1.74. The van der Waals surface area contributed by atoms with Crippen LogP contribution in [-0.4, -0.2) is 51.9 Å². The zero-order chi connectivity index (χ0) is 23.7. The lowest BCUT2D eigenvalue weighted by Gasteiger charge is -2.26. The second-order valence-corrected chi connectivity index (χ2v) is 8.82. The van der Waals surface area contributed by atoms with Gasteiger partial charge >= 0.3 is 7.12 Å². The number of aliphatic hydroxyl groups excluding tert-OH is 1. The molecule has 1 saturated carbocycles. The van der Waals surface area contributed by atoms with Crippen LogP contribution < -0.4 is 20.8 Å². The molecule has 2 aliphatic rings. The average Bonchev–Trinajstić information content (AvgIpc) is 3.14. The fraction of sp³-hybridized carbons (Fsp3) is 0.375. The average molecular weight is 462 g/mol. The highest BCUT2D eigenvalue weighted by molar-refractivity contribution is 6.61. The zero-order valence-electron chi connectivity index (χ0n) is 18.9. The van der Waals surface area contributed by atoms with Gasteiger partial charge in [-0.25, -0.2) is 9.97 Å². The van der Waals surface area contributed by atoms with Crippen LogP contribution in [0.5, 0.6) is 5.75 Å². The molecule has 34 heavy (non-hydrogen) atoms. The number of ether oxygens (including phenoxy) is 1. The highest BCUT2D eigenvalue weighted by Crippen LogP contribution is 2.30. The number of hydrogen-bond acceptors (Lipinski definition) is 8. The SMILES string of the molecule is CC(=O)NCC1OB(O)c2cc(Nc3ncc4cccc(O[C@H]5CC[C@@H](O)CC5)c4n3)ccc21. The van der Waals surface area contributed by atoms with E-state index in [4.69, 9.17) is 9.39 Å². The molecule has 0 saturated heterocycles. The van der Waals surface area contributed by atoms with Gasteiger partial charge in [-0.15, -0.1) is 0 Å². The normalized spacial score (nSPS) is 21.9. The van der Waals surface area contributed by atoms with Crippen molar-refractivity contribution in [1.82, 2.24) is 15.3 Å². The van der Waals surface area contributed by atoms with Gasteiger partial charge in [0.1, 0.15) is 11.3 Å². The summed E-state index contributed by atoms with van der Waals surface area (Å²) < 4.78 is 11.8. The lowest BCUT2D eigenvalue weighted by molar-refractivity contribution is -0.119. The van der Waals surface area contributed by atoms with Gasteiger partial charge in [0.15, 0.2) is 0 Å². The van der Waals surface area contributed by atoms with Crippen molar-refractivity contribution in [3.05, 3.63) is 48.2 Å². The van der Waals surface area contributed by atoms with Crippen LogP contribution in [0.3, 0.4) is 0 Å². The summed E-state index contributed by atoms with van der Waals surface area (Å²) in [5, 5.41) is 26.9. The molecule has 0 bridgehead atoms. The zero-order valence-corrected chi connectivity index (χ0v) is 18.9. The molecule has 4 N–H and O–H groups in total. The smallest absolute Gasteiger partial charge is 0.488 e. The number of nitrogens with zero attached hydrogens (tertiary/aromatic N) is 2. The molecule has 2 aromatic carbocycles. The van der Waals surface area contributed by atoms with Crippen LogP contribution in [0, 0.1) is 0 Å². The molecule has 2 heterocycles. The Kier molecular flexibility index (Phi) is 6.36. The van der Waals surface area contributed by atoms with Crippen molar-refractivity contribution in [2.24, 2.45) is 0 Å². The van der Waals surface area contributed by atoms with Crippen molar-refractivity contribution in [3.63, 3.8) is 0 Å². The Labute approximate surface area is 197 Å². The maximum Gasteiger partial charge on any atom is 0.492 e. The first kappa shape index (κ1) is 22.6. The molecule has 1 amide bonds. The lowest BCUT2D eigenvalue weighted by atomic mass is 9.79. The number of nitrogens with one attached hydrogen (secondary N) is 2. The summed E-state index contributed by atoms with van der Waals surface area (Å²) in [7, 11) is -1.07. The molecular formula is C24H27BN4O5. The number of hydrogen-bond donors (Lipinski definition) is 4. The summed E-state index contributed by atoms with van der Waals surface area (Å²) in [6, 6.07) is 11.3. The number of benzene rings is 2. The Bertz CT molecular complexity index is 1200. The number of para-hydroxylation sites is 1.